The number of hydrogen-bond donors (Lipinski definition) is 3. The van der Waals surface area contributed by atoms with E-state index < -0.39 is 5.97 Å². The predicted octanol–water partition coefficient (Wildman–Crippen LogP) is 5.58. The van der Waals surface area contributed by atoms with Crippen LogP contribution >= 0.6 is 11.6 Å². The number of carbonyl (C=O) groups is 2. The van der Waals surface area contributed by atoms with Crippen molar-refractivity contribution in [3.05, 3.63) is 76.6 Å². The molecule has 1 heterocycles. The summed E-state index contributed by atoms with van der Waals surface area (Å²) in [4.78, 5) is 29.5. The molecular weight excluding hydrogens is 496 g/mol. The molecule has 0 aliphatic heterocycles. The molecule has 2 aromatic carbocycles. The zero-order valence-electron chi connectivity index (χ0n) is 21.1. The number of aromatic nitrogens is 1. The number of amides is 2. The molecule has 9 nitrogen and oxygen atoms in total. The Morgan fingerprint density at radius 3 is 2.51 bits per heavy atom. The summed E-state index contributed by atoms with van der Waals surface area (Å²) in [5.41, 5.74) is 2.14. The highest BCUT2D eigenvalue weighted by molar-refractivity contribution is 6.31. The molecule has 3 N–H and O–H groups in total. The lowest BCUT2D eigenvalue weighted by Gasteiger charge is -2.15. The maximum atomic E-state index is 12.6. The van der Waals surface area contributed by atoms with E-state index in [1.165, 1.54) is 12.3 Å². The molecule has 196 valence electrons. The Morgan fingerprint density at radius 2 is 1.81 bits per heavy atom. The molecule has 2 amide bonds. The van der Waals surface area contributed by atoms with Gasteiger partial charge < -0.3 is 30.1 Å². The molecule has 0 bridgehead atoms. The van der Waals surface area contributed by atoms with Crippen LogP contribution in [0.5, 0.6) is 17.2 Å². The van der Waals surface area contributed by atoms with Crippen molar-refractivity contribution in [1.82, 2.24) is 15.2 Å². The normalized spacial score (nSPS) is 10.7. The summed E-state index contributed by atoms with van der Waals surface area (Å²) in [6.07, 6.45) is 3.27. The van der Waals surface area contributed by atoms with Crippen molar-refractivity contribution in [2.75, 3.05) is 32.6 Å². The van der Waals surface area contributed by atoms with Crippen molar-refractivity contribution in [2.24, 2.45) is 0 Å². The lowest BCUT2D eigenvalue weighted by atomic mass is 10.2. The number of carboxylic acid groups (broad SMARTS) is 1. The van der Waals surface area contributed by atoms with Crippen molar-refractivity contribution in [3.63, 3.8) is 0 Å². The molecule has 3 rings (SSSR count). The number of nitrogens with zero attached hydrogens (tertiary/aromatic N) is 2. The summed E-state index contributed by atoms with van der Waals surface area (Å²) in [5, 5.41) is 15.3. The number of aromatic carboxylic acids is 1. The Hall–Kier alpha value is -3.82. The molecule has 0 unspecified atom stereocenters. The molecule has 0 atom stereocenters. The highest BCUT2D eigenvalue weighted by Crippen LogP contribution is 2.31. The van der Waals surface area contributed by atoms with Gasteiger partial charge >= 0.3 is 12.0 Å². The second-order valence-electron chi connectivity index (χ2n) is 8.69. The van der Waals surface area contributed by atoms with Crippen molar-refractivity contribution >= 4 is 29.3 Å². The number of carboxylic acids is 1. The minimum Gasteiger partial charge on any atom is -0.491 e. The number of carbonyl (C=O) groups excluding carboxylic acids is 1. The number of urea groups is 1. The fourth-order valence-electron chi connectivity index (χ4n) is 3.34. The second-order valence-corrected chi connectivity index (χ2v) is 9.10. The maximum Gasteiger partial charge on any atom is 0.354 e. The molecule has 1 aromatic heterocycles. The lowest BCUT2D eigenvalue weighted by molar-refractivity contribution is 0.0690. The number of pyridine rings is 1. The van der Waals surface area contributed by atoms with Gasteiger partial charge in [-0.05, 0) is 75.8 Å². The zero-order valence-corrected chi connectivity index (χ0v) is 21.8. The average molecular weight is 527 g/mol. The van der Waals surface area contributed by atoms with Gasteiger partial charge in [-0.25, -0.2) is 14.6 Å². The van der Waals surface area contributed by atoms with Crippen LogP contribution in [0.2, 0.25) is 5.02 Å². The summed E-state index contributed by atoms with van der Waals surface area (Å²) >= 11 is 6.28. The van der Waals surface area contributed by atoms with Gasteiger partial charge in [-0.1, -0.05) is 23.7 Å². The van der Waals surface area contributed by atoms with Crippen LogP contribution in [0.25, 0.3) is 0 Å². The minimum atomic E-state index is -1.13. The van der Waals surface area contributed by atoms with Gasteiger partial charge in [0, 0.05) is 29.9 Å². The fourth-order valence-corrected chi connectivity index (χ4v) is 3.50. The van der Waals surface area contributed by atoms with E-state index in [2.05, 4.69) is 20.5 Å². The van der Waals surface area contributed by atoms with Crippen molar-refractivity contribution < 1.29 is 24.2 Å². The molecular formula is C27H31ClN4O5. The Labute approximate surface area is 221 Å². The number of rotatable bonds is 12. The number of aryl methyl sites for hydroxylation is 1. The molecule has 0 saturated heterocycles. The first-order chi connectivity index (χ1) is 17.7. The Balaban J connectivity index is 1.53. The molecule has 0 fully saturated rings. The molecule has 0 spiro atoms. The zero-order chi connectivity index (χ0) is 26.8. The fraction of sp³-hybridized carbons (Fsp3) is 0.296. The number of anilines is 1. The minimum absolute atomic E-state index is 0.0990. The van der Waals surface area contributed by atoms with Crippen LogP contribution < -0.4 is 20.1 Å². The van der Waals surface area contributed by atoms with Crippen LogP contribution in [0, 0.1) is 6.92 Å². The van der Waals surface area contributed by atoms with Crippen LogP contribution in [0.3, 0.4) is 0 Å². The quantitative estimate of drug-likeness (QED) is 0.264. The number of nitrogens with one attached hydrogen (secondary N) is 2. The molecule has 3 aromatic rings. The third-order valence-electron chi connectivity index (χ3n) is 5.33. The van der Waals surface area contributed by atoms with E-state index in [-0.39, 0.29) is 18.3 Å². The number of unbranched alkanes of at least 4 members (excludes halogenated alkanes) is 1. The predicted molar refractivity (Wildman–Crippen MR) is 143 cm³/mol. The third-order valence-corrected chi connectivity index (χ3v) is 5.74. The summed E-state index contributed by atoms with van der Waals surface area (Å²) in [6.45, 7) is 3.66. The Kier molecular flexibility index (Phi) is 10.1. The van der Waals surface area contributed by atoms with Gasteiger partial charge in [0.2, 0.25) is 0 Å². The van der Waals surface area contributed by atoms with Crippen molar-refractivity contribution in [2.45, 2.75) is 26.3 Å². The summed E-state index contributed by atoms with van der Waals surface area (Å²) < 4.78 is 11.6. The van der Waals surface area contributed by atoms with Gasteiger partial charge in [-0.3, -0.25) is 0 Å². The summed E-state index contributed by atoms with van der Waals surface area (Å²) in [6, 6.07) is 13.2. The second kappa shape index (κ2) is 13.5. The number of hydrogen-bond acceptors (Lipinski definition) is 6. The first kappa shape index (κ1) is 27.8. The van der Waals surface area contributed by atoms with Crippen LogP contribution in [0.15, 0.2) is 54.7 Å². The lowest BCUT2D eigenvalue weighted by Crippen LogP contribution is -2.28. The molecule has 37 heavy (non-hydrogen) atoms. The smallest absolute Gasteiger partial charge is 0.354 e. The maximum absolute atomic E-state index is 12.6. The Bertz CT molecular complexity index is 1220. The van der Waals surface area contributed by atoms with E-state index in [0.717, 1.165) is 30.5 Å². The number of ether oxygens (including phenoxy) is 2. The number of halogens is 1. The van der Waals surface area contributed by atoms with Gasteiger partial charge in [0.05, 0.1) is 12.3 Å². The SMILES string of the molecule is Cc1cc(NC(=O)NCc2ccc(Oc3ccnc(C(=O)O)c3)cc2)c(OCCCCN(C)C)cc1Cl. The van der Waals surface area contributed by atoms with E-state index in [1.54, 1.807) is 30.3 Å². The average Bonchev–Trinajstić information content (AvgIpc) is 2.86. The molecule has 0 saturated carbocycles. The largest absolute Gasteiger partial charge is 0.491 e. The molecule has 0 aliphatic carbocycles. The van der Waals surface area contributed by atoms with E-state index in [0.29, 0.717) is 34.6 Å². The molecule has 10 heteroatoms. The van der Waals surface area contributed by atoms with E-state index in [4.69, 9.17) is 26.2 Å². The number of benzene rings is 2. The van der Waals surface area contributed by atoms with Crippen LogP contribution in [0.1, 0.15) is 34.5 Å². The monoisotopic (exact) mass is 526 g/mol. The van der Waals surface area contributed by atoms with Gasteiger partial charge in [0.15, 0.2) is 5.69 Å². The van der Waals surface area contributed by atoms with Crippen molar-refractivity contribution in [3.8, 4) is 17.2 Å². The van der Waals surface area contributed by atoms with Crippen molar-refractivity contribution in [1.29, 1.82) is 0 Å². The topological polar surface area (TPSA) is 113 Å². The van der Waals surface area contributed by atoms with Gasteiger partial charge in [0.25, 0.3) is 0 Å². The summed E-state index contributed by atoms with van der Waals surface area (Å²) in [5.74, 6) is 0.295. The van der Waals surface area contributed by atoms with Gasteiger partial charge in [-0.2, -0.15) is 0 Å². The standard InChI is InChI=1S/C27H31ClN4O5/c1-18-14-23(25(16-22(18)28)36-13-5-4-12-32(2)3)31-27(35)30-17-19-6-8-20(9-7-19)37-21-10-11-29-24(15-21)26(33)34/h6-11,14-16H,4-5,12-13,17H2,1-3H3,(H,33,34)(H2,30,31,35). The van der Waals surface area contributed by atoms with Gasteiger partial charge in [-0.15, -0.1) is 0 Å². The summed E-state index contributed by atoms with van der Waals surface area (Å²) in [7, 11) is 4.06. The third kappa shape index (κ3) is 8.96. The van der Waals surface area contributed by atoms with Crippen LogP contribution in [0.4, 0.5) is 10.5 Å². The first-order valence-corrected chi connectivity index (χ1v) is 12.2. The van der Waals surface area contributed by atoms with Crippen LogP contribution in [-0.2, 0) is 6.54 Å². The van der Waals surface area contributed by atoms with E-state index >= 15 is 0 Å². The highest BCUT2D eigenvalue weighted by atomic mass is 35.5. The Morgan fingerprint density at radius 1 is 1.05 bits per heavy atom. The highest BCUT2D eigenvalue weighted by Gasteiger charge is 2.12. The molecule has 0 aliphatic rings. The first-order valence-electron chi connectivity index (χ1n) is 11.8. The van der Waals surface area contributed by atoms with Crippen LogP contribution in [-0.4, -0.2) is 54.2 Å². The van der Waals surface area contributed by atoms with Gasteiger partial charge in [0.1, 0.15) is 17.2 Å². The molecule has 0 radical (unpaired) electrons. The van der Waals surface area contributed by atoms with E-state index in [1.807, 2.05) is 33.2 Å². The van der Waals surface area contributed by atoms with E-state index in [9.17, 15) is 9.59 Å².